The highest BCUT2D eigenvalue weighted by atomic mass is 35.5. The summed E-state index contributed by atoms with van der Waals surface area (Å²) in [4.78, 5) is 39.7. The number of amides is 2. The van der Waals surface area contributed by atoms with Crippen molar-refractivity contribution in [2.24, 2.45) is 0 Å². The van der Waals surface area contributed by atoms with Gasteiger partial charge in [0, 0.05) is 24.5 Å². The molecule has 2 rings (SSSR count). The fourth-order valence-electron chi connectivity index (χ4n) is 2.43. The molecule has 0 unspecified atom stereocenters. The van der Waals surface area contributed by atoms with Gasteiger partial charge in [-0.05, 0) is 24.6 Å². The second-order valence-electron chi connectivity index (χ2n) is 5.77. The molecule has 0 spiro atoms. The van der Waals surface area contributed by atoms with Gasteiger partial charge in [-0.3, -0.25) is 9.78 Å². The second kappa shape index (κ2) is 10.6. The minimum absolute atomic E-state index is 0.122. The van der Waals surface area contributed by atoms with Gasteiger partial charge in [-0.2, -0.15) is 0 Å². The van der Waals surface area contributed by atoms with Gasteiger partial charge >= 0.3 is 12.1 Å². The van der Waals surface area contributed by atoms with Crippen LogP contribution in [0.1, 0.15) is 22.8 Å². The first-order chi connectivity index (χ1) is 13.8. The van der Waals surface area contributed by atoms with Crippen LogP contribution in [0.15, 0.2) is 36.7 Å². The van der Waals surface area contributed by atoms with E-state index in [2.05, 4.69) is 15.6 Å². The summed E-state index contributed by atoms with van der Waals surface area (Å²) in [6, 6.07) is 5.79. The summed E-state index contributed by atoms with van der Waals surface area (Å²) in [6.07, 6.45) is 2.13. The fourth-order valence-corrected chi connectivity index (χ4v) is 2.97. The smallest absolute Gasteiger partial charge is 0.407 e. The zero-order chi connectivity index (χ0) is 21.4. The molecule has 29 heavy (non-hydrogen) atoms. The van der Waals surface area contributed by atoms with Crippen LogP contribution >= 0.6 is 23.2 Å². The summed E-state index contributed by atoms with van der Waals surface area (Å²) in [5.74, 6) is -1.08. The first-order valence-electron chi connectivity index (χ1n) is 8.56. The minimum atomic E-state index is -0.908. The quantitative estimate of drug-likeness (QED) is 0.639. The highest BCUT2D eigenvalue weighted by Gasteiger charge is 2.22. The molecule has 1 aromatic carbocycles. The Balaban J connectivity index is 2.07. The number of aromatic nitrogens is 1. The zero-order valence-corrected chi connectivity index (χ0v) is 17.2. The summed E-state index contributed by atoms with van der Waals surface area (Å²) in [5, 5.41) is 5.42. The van der Waals surface area contributed by atoms with Crippen LogP contribution < -0.4 is 10.6 Å². The minimum Gasteiger partial charge on any atom is -0.467 e. The fraction of sp³-hybridized carbons (Fsp3) is 0.263. The van der Waals surface area contributed by atoms with Crippen molar-refractivity contribution in [3.05, 3.63) is 57.8 Å². The van der Waals surface area contributed by atoms with Gasteiger partial charge in [0.05, 0.1) is 29.3 Å². The van der Waals surface area contributed by atoms with Crippen molar-refractivity contribution in [2.45, 2.75) is 19.4 Å². The summed E-state index contributed by atoms with van der Waals surface area (Å²) >= 11 is 12.0. The standard InChI is InChI=1S/C19H19Cl2N3O5/c1-3-29-19(27)24-15(18(26)28-2)8-11-4-6-12(7-5-11)23-17(25)16-13(20)9-22-10-14(16)21/h4-7,9-10,15H,3,8H2,1-2H3,(H,23,25)(H,24,27)/t15-/m0/s1. The summed E-state index contributed by atoms with van der Waals surface area (Å²) in [6.45, 7) is 1.84. The van der Waals surface area contributed by atoms with Crippen LogP contribution in [-0.4, -0.2) is 42.7 Å². The Morgan fingerprint density at radius 2 is 1.72 bits per heavy atom. The van der Waals surface area contributed by atoms with Crippen molar-refractivity contribution in [3.8, 4) is 0 Å². The van der Waals surface area contributed by atoms with E-state index in [-0.39, 0.29) is 28.6 Å². The molecule has 2 N–H and O–H groups in total. The lowest BCUT2D eigenvalue weighted by atomic mass is 10.1. The van der Waals surface area contributed by atoms with Gasteiger partial charge < -0.3 is 20.1 Å². The van der Waals surface area contributed by atoms with Crippen molar-refractivity contribution in [2.75, 3.05) is 19.0 Å². The van der Waals surface area contributed by atoms with Gasteiger partial charge in [-0.25, -0.2) is 9.59 Å². The average molecular weight is 440 g/mol. The van der Waals surface area contributed by atoms with E-state index < -0.39 is 24.0 Å². The molecule has 0 bridgehead atoms. The molecule has 1 atom stereocenters. The van der Waals surface area contributed by atoms with E-state index in [9.17, 15) is 14.4 Å². The molecular formula is C19H19Cl2N3O5. The monoisotopic (exact) mass is 439 g/mol. The van der Waals surface area contributed by atoms with E-state index >= 15 is 0 Å². The lowest BCUT2D eigenvalue weighted by Gasteiger charge is -2.16. The topological polar surface area (TPSA) is 107 Å². The predicted molar refractivity (Wildman–Crippen MR) is 108 cm³/mol. The van der Waals surface area contributed by atoms with Crippen LogP contribution in [0.4, 0.5) is 10.5 Å². The van der Waals surface area contributed by atoms with Crippen LogP contribution in [0.2, 0.25) is 10.0 Å². The molecule has 0 saturated heterocycles. The molecule has 8 nitrogen and oxygen atoms in total. The number of esters is 1. The largest absolute Gasteiger partial charge is 0.467 e. The van der Waals surface area contributed by atoms with Crippen molar-refractivity contribution in [1.29, 1.82) is 0 Å². The number of hydrogen-bond acceptors (Lipinski definition) is 6. The molecule has 1 heterocycles. The second-order valence-corrected chi connectivity index (χ2v) is 6.59. The molecule has 10 heteroatoms. The van der Waals surface area contributed by atoms with Gasteiger partial charge in [0.25, 0.3) is 5.91 Å². The maximum absolute atomic E-state index is 12.4. The lowest BCUT2D eigenvalue weighted by Crippen LogP contribution is -2.43. The van der Waals surface area contributed by atoms with Gasteiger partial charge in [0.1, 0.15) is 6.04 Å². The third-order valence-corrected chi connectivity index (χ3v) is 4.36. The molecule has 0 radical (unpaired) electrons. The maximum atomic E-state index is 12.4. The third-order valence-electron chi connectivity index (χ3n) is 3.79. The van der Waals surface area contributed by atoms with Gasteiger partial charge in [0.15, 0.2) is 0 Å². The normalized spacial score (nSPS) is 11.3. The number of carbonyl (C=O) groups is 3. The van der Waals surface area contributed by atoms with Gasteiger partial charge in [0.2, 0.25) is 0 Å². The Morgan fingerprint density at radius 3 is 2.28 bits per heavy atom. The Labute approximate surface area is 177 Å². The van der Waals surface area contributed by atoms with Gasteiger partial charge in [-0.15, -0.1) is 0 Å². The number of hydrogen-bond donors (Lipinski definition) is 2. The maximum Gasteiger partial charge on any atom is 0.407 e. The third kappa shape index (κ3) is 6.33. The summed E-state index contributed by atoms with van der Waals surface area (Å²) < 4.78 is 9.51. The first kappa shape index (κ1) is 22.4. The van der Waals surface area contributed by atoms with Crippen LogP contribution in [0.25, 0.3) is 0 Å². The Morgan fingerprint density at radius 1 is 1.10 bits per heavy atom. The number of pyridine rings is 1. The van der Waals surface area contributed by atoms with E-state index in [1.165, 1.54) is 19.5 Å². The van der Waals surface area contributed by atoms with Crippen LogP contribution in [-0.2, 0) is 20.7 Å². The van der Waals surface area contributed by atoms with Crippen molar-refractivity contribution in [3.63, 3.8) is 0 Å². The molecule has 0 aliphatic carbocycles. The molecule has 1 aromatic heterocycles. The number of benzene rings is 1. The van der Waals surface area contributed by atoms with Crippen LogP contribution in [0.5, 0.6) is 0 Å². The van der Waals surface area contributed by atoms with E-state index in [1.54, 1.807) is 31.2 Å². The predicted octanol–water partition coefficient (Wildman–Crippen LogP) is 3.47. The van der Waals surface area contributed by atoms with Crippen LogP contribution in [0.3, 0.4) is 0 Å². The Bertz CT molecular complexity index is 870. The Kier molecular flexibility index (Phi) is 8.23. The number of halogens is 2. The van der Waals surface area contributed by atoms with Gasteiger partial charge in [-0.1, -0.05) is 35.3 Å². The molecular weight excluding hydrogens is 421 g/mol. The number of nitrogens with zero attached hydrogens (tertiary/aromatic N) is 1. The number of carbonyl (C=O) groups excluding carboxylic acids is 3. The van der Waals surface area contributed by atoms with Crippen molar-refractivity contribution in [1.82, 2.24) is 10.3 Å². The molecule has 2 aromatic rings. The first-order valence-corrected chi connectivity index (χ1v) is 9.31. The number of rotatable bonds is 7. The summed E-state index contributed by atoms with van der Waals surface area (Å²) in [7, 11) is 1.23. The Hall–Kier alpha value is -2.84. The SMILES string of the molecule is CCOC(=O)N[C@@H](Cc1ccc(NC(=O)c2c(Cl)cncc2Cl)cc1)C(=O)OC. The molecule has 0 aliphatic rings. The van der Waals surface area contributed by atoms with E-state index in [1.807, 2.05) is 0 Å². The highest BCUT2D eigenvalue weighted by molar-refractivity contribution is 6.40. The number of nitrogens with one attached hydrogen (secondary N) is 2. The molecule has 0 fully saturated rings. The van der Waals surface area contributed by atoms with Crippen LogP contribution in [0, 0.1) is 0 Å². The number of ether oxygens (including phenoxy) is 2. The highest BCUT2D eigenvalue weighted by Crippen LogP contribution is 2.24. The number of methoxy groups -OCH3 is 1. The molecule has 0 saturated carbocycles. The van der Waals surface area contributed by atoms with Crippen molar-refractivity contribution >= 4 is 46.9 Å². The van der Waals surface area contributed by atoms with E-state index in [0.717, 1.165) is 5.56 Å². The van der Waals surface area contributed by atoms with Crippen molar-refractivity contribution < 1.29 is 23.9 Å². The molecule has 154 valence electrons. The number of anilines is 1. The summed E-state index contributed by atoms with van der Waals surface area (Å²) in [5.41, 5.74) is 1.35. The van der Waals surface area contributed by atoms with E-state index in [0.29, 0.717) is 5.69 Å². The zero-order valence-electron chi connectivity index (χ0n) is 15.7. The number of alkyl carbamates (subject to hydrolysis) is 1. The molecule has 2 amide bonds. The average Bonchev–Trinajstić information content (AvgIpc) is 2.68. The lowest BCUT2D eigenvalue weighted by molar-refractivity contribution is -0.142. The molecule has 0 aliphatic heterocycles. The van der Waals surface area contributed by atoms with E-state index in [4.69, 9.17) is 32.7 Å².